The number of hydrogen-bond acceptors (Lipinski definition) is 7. The van der Waals surface area contributed by atoms with E-state index in [0.717, 1.165) is 22.6 Å². The standard InChI is InChI=1S/C20H27N5O2S/c21-8-7-20(23)12-19(24-17-6-5-15(22)11-16(17)20)25-9-10-28(26,27)18-4-2-1-3-14(18)13-25/h1-6,11-12,24,26-27H,7-10,13,21-23H2. The van der Waals surface area contributed by atoms with Crippen molar-refractivity contribution in [2.45, 2.75) is 23.4 Å². The molecular formula is C20H27N5O2S. The maximum atomic E-state index is 10.6. The van der Waals surface area contributed by atoms with Gasteiger partial charge in [0.15, 0.2) is 0 Å². The minimum Gasteiger partial charge on any atom is -0.399 e. The summed E-state index contributed by atoms with van der Waals surface area (Å²) in [6.07, 6.45) is 2.57. The molecule has 9 N–H and O–H groups in total. The Morgan fingerprint density at radius 2 is 1.96 bits per heavy atom. The number of nitrogens with zero attached hydrogens (tertiary/aromatic N) is 1. The summed E-state index contributed by atoms with van der Waals surface area (Å²) >= 11 is 0. The Bertz CT molecular complexity index is 933. The van der Waals surface area contributed by atoms with E-state index in [9.17, 15) is 9.11 Å². The summed E-state index contributed by atoms with van der Waals surface area (Å²) in [5.41, 5.74) is 21.2. The lowest BCUT2D eigenvalue weighted by Crippen LogP contribution is -2.43. The zero-order valence-corrected chi connectivity index (χ0v) is 16.5. The first kappa shape index (κ1) is 19.1. The fraction of sp³-hybridized carbons (Fsp3) is 0.300. The van der Waals surface area contributed by atoms with Crippen LogP contribution in [0.15, 0.2) is 59.3 Å². The van der Waals surface area contributed by atoms with Crippen molar-refractivity contribution < 1.29 is 9.11 Å². The van der Waals surface area contributed by atoms with E-state index in [1.165, 1.54) is 0 Å². The Kier molecular flexibility index (Phi) is 4.76. The Labute approximate surface area is 166 Å². The predicted molar refractivity (Wildman–Crippen MR) is 115 cm³/mol. The Balaban J connectivity index is 1.74. The number of rotatable bonds is 3. The Hall–Kier alpha value is -2.23. The zero-order valence-electron chi connectivity index (χ0n) is 15.6. The summed E-state index contributed by atoms with van der Waals surface area (Å²) in [5.74, 6) is 1.12. The smallest absolute Gasteiger partial charge is 0.104 e. The van der Waals surface area contributed by atoms with E-state index in [-0.39, 0.29) is 5.75 Å². The molecule has 2 aromatic rings. The highest BCUT2D eigenvalue weighted by atomic mass is 32.3. The zero-order chi connectivity index (χ0) is 19.9. The molecule has 2 aliphatic heterocycles. The maximum absolute atomic E-state index is 10.6. The number of nitrogens with two attached hydrogens (primary N) is 3. The van der Waals surface area contributed by atoms with Crippen LogP contribution in [0.5, 0.6) is 0 Å². The molecule has 0 aromatic heterocycles. The van der Waals surface area contributed by atoms with Gasteiger partial charge in [-0.1, -0.05) is 18.2 Å². The van der Waals surface area contributed by atoms with Gasteiger partial charge in [-0.25, -0.2) is 0 Å². The van der Waals surface area contributed by atoms with Gasteiger partial charge in [-0.3, -0.25) is 9.11 Å². The van der Waals surface area contributed by atoms with Crippen molar-refractivity contribution in [3.63, 3.8) is 0 Å². The highest BCUT2D eigenvalue weighted by Crippen LogP contribution is 2.51. The summed E-state index contributed by atoms with van der Waals surface area (Å²) in [6, 6.07) is 13.2. The van der Waals surface area contributed by atoms with Gasteiger partial charge in [-0.2, -0.15) is 10.6 Å². The molecule has 0 aliphatic carbocycles. The summed E-state index contributed by atoms with van der Waals surface area (Å²) < 4.78 is 21.2. The monoisotopic (exact) mass is 401 g/mol. The minimum atomic E-state index is -2.82. The van der Waals surface area contributed by atoms with Crippen molar-refractivity contribution in [3.8, 4) is 0 Å². The number of anilines is 2. The van der Waals surface area contributed by atoms with Gasteiger partial charge in [0.2, 0.25) is 0 Å². The molecule has 2 heterocycles. The molecule has 2 aromatic carbocycles. The average molecular weight is 402 g/mol. The average Bonchev–Trinajstić information content (AvgIpc) is 2.79. The Morgan fingerprint density at radius 1 is 1.18 bits per heavy atom. The number of nitrogens with one attached hydrogen (secondary N) is 1. The summed E-state index contributed by atoms with van der Waals surface area (Å²) in [7, 11) is -2.82. The molecule has 2 aliphatic rings. The van der Waals surface area contributed by atoms with E-state index < -0.39 is 16.1 Å². The molecule has 0 radical (unpaired) electrons. The van der Waals surface area contributed by atoms with Crippen LogP contribution >= 0.6 is 10.6 Å². The van der Waals surface area contributed by atoms with Gasteiger partial charge in [0.25, 0.3) is 0 Å². The van der Waals surface area contributed by atoms with Crippen molar-refractivity contribution in [1.82, 2.24) is 4.90 Å². The van der Waals surface area contributed by atoms with E-state index in [4.69, 9.17) is 17.2 Å². The van der Waals surface area contributed by atoms with Gasteiger partial charge in [-0.05, 0) is 48.9 Å². The summed E-state index contributed by atoms with van der Waals surface area (Å²) in [4.78, 5) is 2.74. The molecule has 0 saturated carbocycles. The van der Waals surface area contributed by atoms with E-state index in [0.29, 0.717) is 36.6 Å². The van der Waals surface area contributed by atoms with Crippen LogP contribution in [-0.4, -0.2) is 32.8 Å². The maximum Gasteiger partial charge on any atom is 0.104 e. The largest absolute Gasteiger partial charge is 0.399 e. The van der Waals surface area contributed by atoms with Crippen LogP contribution in [0.1, 0.15) is 17.5 Å². The summed E-state index contributed by atoms with van der Waals surface area (Å²) in [6.45, 7) is 1.50. The number of hydrogen-bond donors (Lipinski definition) is 6. The highest BCUT2D eigenvalue weighted by molar-refractivity contribution is 8.24. The molecule has 0 amide bonds. The number of fused-ring (bicyclic) bond motifs is 2. The van der Waals surface area contributed by atoms with E-state index in [1.807, 2.05) is 42.5 Å². The minimum absolute atomic E-state index is 0.270. The highest BCUT2D eigenvalue weighted by Gasteiger charge is 2.34. The van der Waals surface area contributed by atoms with Crippen LogP contribution in [-0.2, 0) is 12.1 Å². The lowest BCUT2D eigenvalue weighted by molar-refractivity contribution is 0.347. The van der Waals surface area contributed by atoms with Crippen molar-refractivity contribution in [3.05, 3.63) is 65.5 Å². The molecule has 0 saturated heterocycles. The normalized spacial score (nSPS) is 24.3. The fourth-order valence-electron chi connectivity index (χ4n) is 3.96. The van der Waals surface area contributed by atoms with Gasteiger partial charge in [0.05, 0.1) is 16.2 Å². The van der Waals surface area contributed by atoms with Crippen LogP contribution in [0, 0.1) is 0 Å². The second-order valence-electron chi connectivity index (χ2n) is 7.44. The lowest BCUT2D eigenvalue weighted by atomic mass is 9.83. The SMILES string of the molecule is NCCC1(N)C=C(N2CCS(O)(O)c3ccccc3C2)Nc2ccc(N)cc21. The first-order valence-electron chi connectivity index (χ1n) is 9.30. The van der Waals surface area contributed by atoms with Crippen molar-refractivity contribution in [1.29, 1.82) is 0 Å². The van der Waals surface area contributed by atoms with E-state index in [1.54, 1.807) is 6.07 Å². The molecule has 4 rings (SSSR count). The molecule has 150 valence electrons. The molecule has 1 atom stereocenters. The molecule has 28 heavy (non-hydrogen) atoms. The topological polar surface area (TPSA) is 134 Å². The third kappa shape index (κ3) is 3.34. The van der Waals surface area contributed by atoms with Crippen LogP contribution < -0.4 is 22.5 Å². The van der Waals surface area contributed by atoms with Crippen LogP contribution in [0.2, 0.25) is 0 Å². The van der Waals surface area contributed by atoms with Gasteiger partial charge in [0.1, 0.15) is 5.82 Å². The van der Waals surface area contributed by atoms with Crippen LogP contribution in [0.3, 0.4) is 0 Å². The second-order valence-corrected chi connectivity index (χ2v) is 9.62. The van der Waals surface area contributed by atoms with E-state index in [2.05, 4.69) is 10.2 Å². The Morgan fingerprint density at radius 3 is 2.75 bits per heavy atom. The second kappa shape index (κ2) is 6.98. The van der Waals surface area contributed by atoms with Gasteiger partial charge in [0, 0.05) is 30.0 Å². The fourth-order valence-corrected chi connectivity index (χ4v) is 5.50. The van der Waals surface area contributed by atoms with Gasteiger partial charge >= 0.3 is 0 Å². The predicted octanol–water partition coefficient (Wildman–Crippen LogP) is 2.66. The van der Waals surface area contributed by atoms with Gasteiger partial charge in [-0.15, -0.1) is 0 Å². The molecule has 0 bridgehead atoms. The molecule has 7 nitrogen and oxygen atoms in total. The quantitative estimate of drug-likeness (QED) is 0.435. The van der Waals surface area contributed by atoms with Crippen LogP contribution in [0.25, 0.3) is 0 Å². The van der Waals surface area contributed by atoms with Crippen molar-refractivity contribution in [2.24, 2.45) is 11.5 Å². The van der Waals surface area contributed by atoms with Crippen molar-refractivity contribution >= 4 is 22.0 Å². The molecule has 0 fully saturated rings. The molecule has 1 unspecified atom stereocenters. The number of nitrogen functional groups attached to an aromatic ring is 1. The lowest BCUT2D eigenvalue weighted by Gasteiger charge is -2.38. The summed E-state index contributed by atoms with van der Waals surface area (Å²) in [5, 5.41) is 3.45. The first-order chi connectivity index (χ1) is 13.3. The third-order valence-corrected chi connectivity index (χ3v) is 7.29. The molecular weight excluding hydrogens is 374 g/mol. The van der Waals surface area contributed by atoms with Crippen molar-refractivity contribution in [2.75, 3.05) is 29.9 Å². The first-order valence-corrected chi connectivity index (χ1v) is 11.0. The van der Waals surface area contributed by atoms with E-state index >= 15 is 0 Å². The molecule has 0 spiro atoms. The third-order valence-electron chi connectivity index (χ3n) is 5.43. The van der Waals surface area contributed by atoms with Crippen LogP contribution in [0.4, 0.5) is 11.4 Å². The van der Waals surface area contributed by atoms with Gasteiger partial charge < -0.3 is 27.4 Å². The molecule has 8 heteroatoms. The number of benzene rings is 2.